The summed E-state index contributed by atoms with van der Waals surface area (Å²) in [6, 6.07) is 15.3. The Morgan fingerprint density at radius 2 is 2.07 bits per heavy atom. The summed E-state index contributed by atoms with van der Waals surface area (Å²) in [5.74, 6) is 1.42. The molecule has 2 aromatic carbocycles. The molecule has 1 N–H and O–H groups in total. The van der Waals surface area contributed by atoms with E-state index >= 15 is 0 Å². The van der Waals surface area contributed by atoms with Crippen LogP contribution >= 0.6 is 0 Å². The Kier molecular flexibility index (Phi) is 4.11. The van der Waals surface area contributed by atoms with Gasteiger partial charge in [-0.3, -0.25) is 4.90 Å². The van der Waals surface area contributed by atoms with Gasteiger partial charge in [0.05, 0.1) is 24.5 Å². The Morgan fingerprint density at radius 1 is 1.21 bits per heavy atom. The maximum atomic E-state index is 12.5. The zero-order valence-corrected chi connectivity index (χ0v) is 15.1. The second-order valence-electron chi connectivity index (χ2n) is 6.92. The average Bonchev–Trinajstić information content (AvgIpc) is 3.35. The maximum absolute atomic E-state index is 12.5. The summed E-state index contributed by atoms with van der Waals surface area (Å²) >= 11 is 0. The molecule has 7 nitrogen and oxygen atoms in total. The van der Waals surface area contributed by atoms with Gasteiger partial charge < -0.3 is 14.6 Å². The van der Waals surface area contributed by atoms with Crippen LogP contribution in [0, 0.1) is 0 Å². The van der Waals surface area contributed by atoms with Gasteiger partial charge in [-0.1, -0.05) is 36.4 Å². The third kappa shape index (κ3) is 2.85. The normalized spacial score (nSPS) is 21.6. The van der Waals surface area contributed by atoms with E-state index < -0.39 is 18.3 Å². The van der Waals surface area contributed by atoms with Crippen molar-refractivity contribution < 1.29 is 19.4 Å². The van der Waals surface area contributed by atoms with Gasteiger partial charge in [0.2, 0.25) is 11.4 Å². The van der Waals surface area contributed by atoms with Crippen LogP contribution in [0.3, 0.4) is 0 Å². The second-order valence-corrected chi connectivity index (χ2v) is 6.92. The fourth-order valence-electron chi connectivity index (χ4n) is 3.73. The van der Waals surface area contributed by atoms with Crippen molar-refractivity contribution in [2.24, 2.45) is 4.99 Å². The molecule has 7 heteroatoms. The van der Waals surface area contributed by atoms with Gasteiger partial charge in [0.25, 0.3) is 0 Å². The number of hydrogen-bond acceptors (Lipinski definition) is 6. The lowest BCUT2D eigenvalue weighted by molar-refractivity contribution is 0.0331. The van der Waals surface area contributed by atoms with Crippen LogP contribution < -0.4 is 14.5 Å². The number of ether oxygens (including phenoxy) is 2. The summed E-state index contributed by atoms with van der Waals surface area (Å²) in [4.78, 5) is 20.3. The van der Waals surface area contributed by atoms with Crippen molar-refractivity contribution in [1.82, 2.24) is 4.90 Å². The first-order valence-electron chi connectivity index (χ1n) is 9.19. The Labute approximate surface area is 162 Å². The van der Waals surface area contributed by atoms with Crippen LogP contribution in [0.25, 0.3) is 0 Å². The standard InChI is InChI=1S/C21H19N3O4/c25-17(11-14-5-2-1-3-6-14)18-12-24(21(26)28-18)16-8-4-7-15-20(16)27-13-19-22-9-10-23(15)19/h1-10,17-18,25H,11-13H2/q+1/t17?,18-/m1/s1. The van der Waals surface area contributed by atoms with Crippen LogP contribution in [0.1, 0.15) is 5.56 Å². The predicted octanol–water partition coefficient (Wildman–Crippen LogP) is 2.66. The van der Waals surface area contributed by atoms with Gasteiger partial charge in [-0.25, -0.2) is 4.79 Å². The summed E-state index contributed by atoms with van der Waals surface area (Å²) in [5.41, 5.74) is 2.46. The highest BCUT2D eigenvalue weighted by molar-refractivity contribution is 6.00. The molecule has 0 spiro atoms. The molecule has 28 heavy (non-hydrogen) atoms. The molecule has 3 heterocycles. The maximum Gasteiger partial charge on any atom is 0.414 e. The van der Waals surface area contributed by atoms with E-state index in [-0.39, 0.29) is 6.54 Å². The quantitative estimate of drug-likeness (QED) is 0.831. The minimum atomic E-state index is -0.781. The number of benzene rings is 2. The number of amides is 1. The number of para-hydroxylation sites is 1. The molecule has 5 rings (SSSR count). The molecule has 1 amide bonds. The number of hydrogen-bond donors (Lipinski definition) is 1. The van der Waals surface area contributed by atoms with Crippen molar-refractivity contribution in [3.05, 3.63) is 66.5 Å². The highest BCUT2D eigenvalue weighted by atomic mass is 16.6. The highest BCUT2D eigenvalue weighted by Gasteiger charge is 2.42. The lowest BCUT2D eigenvalue weighted by atomic mass is 10.0. The number of cyclic esters (lactones) is 1. The fraction of sp³-hybridized carbons (Fsp3) is 0.238. The van der Waals surface area contributed by atoms with Crippen LogP contribution in [0.5, 0.6) is 5.75 Å². The molecule has 0 bridgehead atoms. The lowest BCUT2D eigenvalue weighted by Crippen LogP contribution is -2.36. The third-order valence-electron chi connectivity index (χ3n) is 5.14. The van der Waals surface area contributed by atoms with E-state index in [0.717, 1.165) is 17.1 Å². The van der Waals surface area contributed by atoms with Crippen molar-refractivity contribution in [3.63, 3.8) is 0 Å². The first kappa shape index (κ1) is 17.0. The molecular formula is C21H19N3O4+. The predicted molar refractivity (Wildman–Crippen MR) is 104 cm³/mol. The van der Waals surface area contributed by atoms with E-state index in [0.29, 0.717) is 24.5 Å². The molecule has 0 saturated carbocycles. The van der Waals surface area contributed by atoms with E-state index in [1.807, 2.05) is 59.6 Å². The van der Waals surface area contributed by atoms with Gasteiger partial charge in [-0.05, 0) is 16.5 Å². The fourth-order valence-corrected chi connectivity index (χ4v) is 3.73. The molecular weight excluding hydrogens is 358 g/mol. The molecule has 1 saturated heterocycles. The van der Waals surface area contributed by atoms with E-state index in [4.69, 9.17) is 9.47 Å². The molecule has 1 radical (unpaired) electrons. The van der Waals surface area contributed by atoms with Crippen molar-refractivity contribution in [3.8, 4) is 5.75 Å². The zero-order chi connectivity index (χ0) is 19.1. The minimum absolute atomic E-state index is 0.267. The SMILES string of the molecule is O=C1O[C@@H](C(O)Cc2ccccc2)CN1c1cccc2c1OCC1=NC=C[N+]12. The Hall–Kier alpha value is -3.16. The van der Waals surface area contributed by atoms with Gasteiger partial charge in [0.15, 0.2) is 12.8 Å². The molecule has 3 aliphatic heterocycles. The van der Waals surface area contributed by atoms with Crippen molar-refractivity contribution >= 4 is 23.3 Å². The van der Waals surface area contributed by atoms with Gasteiger partial charge in [-0.2, -0.15) is 4.99 Å². The summed E-state index contributed by atoms with van der Waals surface area (Å²) in [7, 11) is 0. The largest absolute Gasteiger partial charge is 0.473 e. The van der Waals surface area contributed by atoms with Crippen LogP contribution in [0.2, 0.25) is 0 Å². The van der Waals surface area contributed by atoms with Crippen molar-refractivity contribution in [1.29, 1.82) is 0 Å². The van der Waals surface area contributed by atoms with E-state index in [1.165, 1.54) is 4.90 Å². The number of fused-ring (bicyclic) bond motifs is 3. The van der Waals surface area contributed by atoms with Crippen LogP contribution in [0.15, 0.2) is 65.9 Å². The lowest BCUT2D eigenvalue weighted by Gasteiger charge is -2.22. The summed E-state index contributed by atoms with van der Waals surface area (Å²) in [6.07, 6.45) is 2.16. The summed E-state index contributed by atoms with van der Waals surface area (Å²) in [5, 5.41) is 10.6. The monoisotopic (exact) mass is 377 g/mol. The zero-order valence-electron chi connectivity index (χ0n) is 15.1. The van der Waals surface area contributed by atoms with E-state index in [2.05, 4.69) is 4.99 Å². The first-order chi connectivity index (χ1) is 13.7. The molecule has 0 aliphatic carbocycles. The van der Waals surface area contributed by atoms with Gasteiger partial charge in [-0.15, -0.1) is 0 Å². The number of rotatable bonds is 4. The number of carbonyl (C=O) groups is 1. The van der Waals surface area contributed by atoms with Gasteiger partial charge in [0, 0.05) is 12.5 Å². The molecule has 1 fully saturated rings. The average molecular weight is 377 g/mol. The van der Waals surface area contributed by atoms with Crippen molar-refractivity contribution in [2.75, 3.05) is 18.1 Å². The molecule has 141 valence electrons. The number of nitrogens with zero attached hydrogens (tertiary/aromatic N) is 3. The molecule has 3 aliphatic rings. The molecule has 2 aromatic rings. The smallest absolute Gasteiger partial charge is 0.414 e. The second kappa shape index (κ2) is 6.78. The molecule has 1 unspecified atom stereocenters. The number of aliphatic hydroxyl groups excluding tert-OH is 1. The summed E-state index contributed by atoms with van der Waals surface area (Å²) < 4.78 is 11.4. The number of amidine groups is 1. The number of anilines is 2. The molecule has 0 aromatic heterocycles. The highest BCUT2D eigenvalue weighted by Crippen LogP contribution is 2.42. The minimum Gasteiger partial charge on any atom is -0.473 e. The number of aliphatic hydroxyl groups is 1. The van der Waals surface area contributed by atoms with Crippen LogP contribution in [0.4, 0.5) is 16.2 Å². The van der Waals surface area contributed by atoms with Crippen molar-refractivity contribution in [2.45, 2.75) is 18.6 Å². The number of carbonyl (C=O) groups excluding carboxylic acids is 1. The Balaban J connectivity index is 1.38. The number of aliphatic imine (C=N–C) groups is 1. The van der Waals surface area contributed by atoms with Crippen LogP contribution in [-0.4, -0.2) is 42.4 Å². The van der Waals surface area contributed by atoms with Gasteiger partial charge in [0.1, 0.15) is 6.10 Å². The Bertz CT molecular complexity index is 973. The topological polar surface area (TPSA) is 77.3 Å². The Morgan fingerprint density at radius 3 is 2.93 bits per heavy atom. The van der Waals surface area contributed by atoms with Gasteiger partial charge >= 0.3 is 11.9 Å². The summed E-state index contributed by atoms with van der Waals surface area (Å²) in [6.45, 7) is 0.601. The van der Waals surface area contributed by atoms with E-state index in [1.54, 1.807) is 6.20 Å². The third-order valence-corrected chi connectivity index (χ3v) is 5.14. The van der Waals surface area contributed by atoms with Crippen LogP contribution in [-0.2, 0) is 11.2 Å². The molecule has 2 atom stereocenters. The first-order valence-corrected chi connectivity index (χ1v) is 9.19. The van der Waals surface area contributed by atoms with E-state index in [9.17, 15) is 9.90 Å².